The standard InChI is InChI=1S/C22H23ClN4O2S/c1-14-15(2)30-21(25-14)16-4-7-20(24-13-16)26-8-10-27(11-9-26)22(28)18-12-17(23)5-6-19(18)29-3/h4-7,12-13H,8-11H2,1-3H3. The van der Waals surface area contributed by atoms with Crippen LogP contribution in [0.1, 0.15) is 20.9 Å². The van der Waals surface area contributed by atoms with Crippen LogP contribution in [0.4, 0.5) is 5.82 Å². The van der Waals surface area contributed by atoms with Crippen molar-refractivity contribution < 1.29 is 9.53 Å². The number of carbonyl (C=O) groups is 1. The fourth-order valence-electron chi connectivity index (χ4n) is 3.45. The Morgan fingerprint density at radius 2 is 1.90 bits per heavy atom. The van der Waals surface area contributed by atoms with E-state index in [-0.39, 0.29) is 5.91 Å². The number of thiazole rings is 1. The lowest BCUT2D eigenvalue weighted by molar-refractivity contribution is 0.0743. The maximum absolute atomic E-state index is 13.0. The van der Waals surface area contributed by atoms with E-state index in [1.807, 2.05) is 24.1 Å². The first-order valence-electron chi connectivity index (χ1n) is 9.74. The summed E-state index contributed by atoms with van der Waals surface area (Å²) >= 11 is 7.77. The smallest absolute Gasteiger partial charge is 0.257 e. The van der Waals surface area contributed by atoms with Crippen LogP contribution >= 0.6 is 22.9 Å². The van der Waals surface area contributed by atoms with Gasteiger partial charge in [0.1, 0.15) is 16.6 Å². The fraction of sp³-hybridized carbons (Fsp3) is 0.318. The second-order valence-electron chi connectivity index (χ2n) is 7.19. The number of amides is 1. The largest absolute Gasteiger partial charge is 0.496 e. The first kappa shape index (κ1) is 20.6. The van der Waals surface area contributed by atoms with Gasteiger partial charge >= 0.3 is 0 Å². The maximum Gasteiger partial charge on any atom is 0.257 e. The molecule has 1 aliphatic rings. The molecule has 3 aromatic rings. The van der Waals surface area contributed by atoms with Gasteiger partial charge in [-0.2, -0.15) is 0 Å². The molecule has 0 saturated carbocycles. The van der Waals surface area contributed by atoms with Crippen molar-refractivity contribution >= 4 is 34.7 Å². The number of aromatic nitrogens is 2. The Hall–Kier alpha value is -2.64. The van der Waals surface area contributed by atoms with Crippen molar-refractivity contribution in [2.45, 2.75) is 13.8 Å². The number of rotatable bonds is 4. The molecule has 1 fully saturated rings. The number of hydrogen-bond acceptors (Lipinski definition) is 6. The minimum absolute atomic E-state index is 0.0631. The number of aryl methyl sites for hydroxylation is 2. The van der Waals surface area contributed by atoms with E-state index >= 15 is 0 Å². The molecular weight excluding hydrogens is 420 g/mol. The van der Waals surface area contributed by atoms with E-state index in [9.17, 15) is 4.79 Å². The number of ether oxygens (including phenoxy) is 1. The van der Waals surface area contributed by atoms with Gasteiger partial charge in [-0.3, -0.25) is 4.79 Å². The van der Waals surface area contributed by atoms with Crippen LogP contribution in [-0.4, -0.2) is 54.1 Å². The molecule has 0 atom stereocenters. The van der Waals surface area contributed by atoms with Crippen LogP contribution in [-0.2, 0) is 0 Å². The average molecular weight is 443 g/mol. The summed E-state index contributed by atoms with van der Waals surface area (Å²) in [6.45, 7) is 6.77. The van der Waals surface area contributed by atoms with Crippen molar-refractivity contribution in [2.24, 2.45) is 0 Å². The number of nitrogens with zero attached hydrogens (tertiary/aromatic N) is 4. The lowest BCUT2D eigenvalue weighted by atomic mass is 10.1. The number of carbonyl (C=O) groups excluding carboxylic acids is 1. The van der Waals surface area contributed by atoms with Crippen LogP contribution in [0.25, 0.3) is 10.6 Å². The Labute approximate surface area is 185 Å². The van der Waals surface area contributed by atoms with Gasteiger partial charge in [0.2, 0.25) is 0 Å². The summed E-state index contributed by atoms with van der Waals surface area (Å²) < 4.78 is 5.33. The topological polar surface area (TPSA) is 58.6 Å². The molecule has 1 aliphatic heterocycles. The van der Waals surface area contributed by atoms with E-state index in [2.05, 4.69) is 27.9 Å². The van der Waals surface area contributed by atoms with Crippen molar-refractivity contribution in [3.05, 3.63) is 57.7 Å². The van der Waals surface area contributed by atoms with E-state index in [1.54, 1.807) is 36.6 Å². The molecule has 156 valence electrons. The van der Waals surface area contributed by atoms with Crippen molar-refractivity contribution in [3.8, 4) is 16.3 Å². The van der Waals surface area contributed by atoms with Crippen molar-refractivity contribution in [1.82, 2.24) is 14.9 Å². The molecule has 8 heteroatoms. The SMILES string of the molecule is COc1ccc(Cl)cc1C(=O)N1CCN(c2ccc(-c3nc(C)c(C)s3)cn2)CC1. The van der Waals surface area contributed by atoms with Gasteiger partial charge < -0.3 is 14.5 Å². The van der Waals surface area contributed by atoms with Gasteiger partial charge in [0.25, 0.3) is 5.91 Å². The monoisotopic (exact) mass is 442 g/mol. The highest BCUT2D eigenvalue weighted by atomic mass is 35.5. The molecular formula is C22H23ClN4O2S. The van der Waals surface area contributed by atoms with Gasteiger partial charge in [-0.15, -0.1) is 11.3 Å². The number of anilines is 1. The Morgan fingerprint density at radius 3 is 2.50 bits per heavy atom. The molecule has 6 nitrogen and oxygen atoms in total. The third kappa shape index (κ3) is 4.13. The highest BCUT2D eigenvalue weighted by Crippen LogP contribution is 2.28. The highest BCUT2D eigenvalue weighted by molar-refractivity contribution is 7.15. The third-order valence-corrected chi connectivity index (χ3v) is 6.66. The predicted octanol–water partition coefficient (Wildman–Crippen LogP) is 4.45. The predicted molar refractivity (Wildman–Crippen MR) is 121 cm³/mol. The zero-order valence-corrected chi connectivity index (χ0v) is 18.8. The quantitative estimate of drug-likeness (QED) is 0.597. The molecule has 0 bridgehead atoms. The van der Waals surface area contributed by atoms with Gasteiger partial charge in [0.15, 0.2) is 0 Å². The Morgan fingerprint density at radius 1 is 1.13 bits per heavy atom. The number of halogens is 1. The highest BCUT2D eigenvalue weighted by Gasteiger charge is 2.25. The molecule has 0 N–H and O–H groups in total. The Bertz CT molecular complexity index is 1040. The fourth-order valence-corrected chi connectivity index (χ4v) is 4.53. The van der Waals surface area contributed by atoms with Crippen molar-refractivity contribution in [3.63, 3.8) is 0 Å². The van der Waals surface area contributed by atoms with Gasteiger partial charge in [-0.25, -0.2) is 9.97 Å². The van der Waals surface area contributed by atoms with Crippen LogP contribution in [0.2, 0.25) is 5.02 Å². The molecule has 1 saturated heterocycles. The summed E-state index contributed by atoms with van der Waals surface area (Å²) in [5, 5.41) is 1.52. The van der Waals surface area contributed by atoms with Gasteiger partial charge in [0, 0.05) is 47.8 Å². The summed E-state index contributed by atoms with van der Waals surface area (Å²) in [4.78, 5) is 27.4. The maximum atomic E-state index is 13.0. The van der Waals surface area contributed by atoms with E-state index in [4.69, 9.17) is 16.3 Å². The number of hydrogen-bond donors (Lipinski definition) is 0. The first-order valence-corrected chi connectivity index (χ1v) is 10.9. The molecule has 30 heavy (non-hydrogen) atoms. The molecule has 3 heterocycles. The molecule has 4 rings (SSSR count). The van der Waals surface area contributed by atoms with Gasteiger partial charge in [0.05, 0.1) is 18.4 Å². The van der Waals surface area contributed by atoms with Crippen LogP contribution in [0.15, 0.2) is 36.5 Å². The number of methoxy groups -OCH3 is 1. The third-order valence-electron chi connectivity index (χ3n) is 5.31. The normalized spacial score (nSPS) is 14.1. The van der Waals surface area contributed by atoms with Crippen molar-refractivity contribution in [2.75, 3.05) is 38.2 Å². The number of benzene rings is 1. The van der Waals surface area contributed by atoms with Crippen LogP contribution in [0.5, 0.6) is 5.75 Å². The molecule has 2 aromatic heterocycles. The molecule has 0 unspecified atom stereocenters. The first-order chi connectivity index (χ1) is 14.5. The molecule has 0 spiro atoms. The second-order valence-corrected chi connectivity index (χ2v) is 8.83. The van der Waals surface area contributed by atoms with Crippen LogP contribution < -0.4 is 9.64 Å². The van der Waals surface area contributed by atoms with Crippen LogP contribution in [0, 0.1) is 13.8 Å². The van der Waals surface area contributed by atoms with E-state index in [0.717, 1.165) is 35.2 Å². The van der Waals surface area contributed by atoms with E-state index in [1.165, 1.54) is 4.88 Å². The summed E-state index contributed by atoms with van der Waals surface area (Å²) in [5.41, 5.74) is 2.59. The van der Waals surface area contributed by atoms with Crippen molar-refractivity contribution in [1.29, 1.82) is 0 Å². The molecule has 1 aromatic carbocycles. The zero-order chi connectivity index (χ0) is 21.3. The Balaban J connectivity index is 1.42. The average Bonchev–Trinajstić information content (AvgIpc) is 3.12. The summed E-state index contributed by atoms with van der Waals surface area (Å²) in [5.74, 6) is 1.39. The molecule has 0 radical (unpaired) electrons. The lowest BCUT2D eigenvalue weighted by Crippen LogP contribution is -2.49. The Kier molecular flexibility index (Phi) is 5.92. The minimum Gasteiger partial charge on any atom is -0.496 e. The van der Waals surface area contributed by atoms with Gasteiger partial charge in [-0.1, -0.05) is 11.6 Å². The number of pyridine rings is 1. The summed E-state index contributed by atoms with van der Waals surface area (Å²) in [7, 11) is 1.56. The second kappa shape index (κ2) is 8.62. The van der Waals surface area contributed by atoms with E-state index in [0.29, 0.717) is 29.4 Å². The molecule has 1 amide bonds. The van der Waals surface area contributed by atoms with Crippen LogP contribution in [0.3, 0.4) is 0 Å². The van der Waals surface area contributed by atoms with Gasteiger partial charge in [-0.05, 0) is 44.2 Å². The number of piperazine rings is 1. The summed E-state index contributed by atoms with van der Waals surface area (Å²) in [6, 6.07) is 9.20. The zero-order valence-electron chi connectivity index (χ0n) is 17.2. The minimum atomic E-state index is -0.0631. The molecule has 0 aliphatic carbocycles. The van der Waals surface area contributed by atoms with E-state index < -0.39 is 0 Å². The lowest BCUT2D eigenvalue weighted by Gasteiger charge is -2.35. The summed E-state index contributed by atoms with van der Waals surface area (Å²) in [6.07, 6.45) is 1.88.